The Morgan fingerprint density at radius 2 is 1.78 bits per heavy atom. The minimum absolute atomic E-state index is 0.0771. The summed E-state index contributed by atoms with van der Waals surface area (Å²) in [5, 5.41) is 3.13. The molecule has 90 valence electrons. The van der Waals surface area contributed by atoms with Gasteiger partial charge in [0.05, 0.1) is 17.9 Å². The van der Waals surface area contributed by atoms with Gasteiger partial charge in [-0.25, -0.2) is 0 Å². The smallest absolute Gasteiger partial charge is 0.258 e. The van der Waals surface area contributed by atoms with E-state index < -0.39 is 0 Å². The van der Waals surface area contributed by atoms with Gasteiger partial charge in [0.1, 0.15) is 0 Å². The summed E-state index contributed by atoms with van der Waals surface area (Å²) in [6, 6.07) is 15.6. The number of benzene rings is 2. The molecule has 18 heavy (non-hydrogen) atoms. The highest BCUT2D eigenvalue weighted by molar-refractivity contribution is 6.11. The maximum Gasteiger partial charge on any atom is 0.258 e. The molecule has 1 N–H and O–H groups in total. The first-order chi connectivity index (χ1) is 8.81. The number of anilines is 2. The van der Waals surface area contributed by atoms with Gasteiger partial charge >= 0.3 is 0 Å². The molecule has 2 aromatic rings. The number of carbonyl (C=O) groups excluding carboxylic acids is 1. The molecule has 0 fully saturated rings. The van der Waals surface area contributed by atoms with Gasteiger partial charge in [0, 0.05) is 12.6 Å². The fourth-order valence-corrected chi connectivity index (χ4v) is 2.37. The Balaban J connectivity index is 2.04. The van der Waals surface area contributed by atoms with Crippen LogP contribution in [0.25, 0.3) is 0 Å². The van der Waals surface area contributed by atoms with Gasteiger partial charge in [-0.3, -0.25) is 4.79 Å². The van der Waals surface area contributed by atoms with Gasteiger partial charge in [0.25, 0.3) is 5.91 Å². The minimum atomic E-state index is 0.0771. The number of hydrogen-bond donors (Lipinski definition) is 1. The van der Waals surface area contributed by atoms with Crippen molar-refractivity contribution in [3.05, 3.63) is 59.7 Å². The molecule has 1 amide bonds. The highest BCUT2D eigenvalue weighted by atomic mass is 16.2. The van der Waals surface area contributed by atoms with Gasteiger partial charge in [-0.2, -0.15) is 0 Å². The van der Waals surface area contributed by atoms with E-state index in [9.17, 15) is 4.79 Å². The Kier molecular flexibility index (Phi) is 2.52. The molecule has 0 aliphatic carbocycles. The van der Waals surface area contributed by atoms with Crippen molar-refractivity contribution < 1.29 is 4.79 Å². The fraction of sp³-hybridized carbons (Fsp3) is 0.133. The molecule has 3 nitrogen and oxygen atoms in total. The van der Waals surface area contributed by atoms with Crippen molar-refractivity contribution in [3.8, 4) is 0 Å². The highest BCUT2D eigenvalue weighted by Gasteiger charge is 2.28. The predicted octanol–water partition coefficient (Wildman–Crippen LogP) is 2.89. The number of nitrogens with zero attached hydrogens (tertiary/aromatic N) is 1. The molecule has 0 atom stereocenters. The number of fused-ring (bicyclic) bond motifs is 1. The number of nitrogens with one attached hydrogen (secondary N) is 1. The van der Waals surface area contributed by atoms with E-state index in [0.717, 1.165) is 22.5 Å². The average Bonchev–Trinajstić information content (AvgIpc) is 2.76. The van der Waals surface area contributed by atoms with E-state index in [2.05, 4.69) is 5.32 Å². The standard InChI is InChI=1S/C15H14N2O/c1-16-13-8-4-5-9-14(13)17-10-11-6-2-3-7-12(11)15(17)18/h2-9,16H,10H2,1H3. The zero-order valence-corrected chi connectivity index (χ0v) is 10.2. The molecule has 0 saturated heterocycles. The maximum absolute atomic E-state index is 12.4. The lowest BCUT2D eigenvalue weighted by Crippen LogP contribution is -2.23. The van der Waals surface area contributed by atoms with Crippen LogP contribution in [-0.4, -0.2) is 13.0 Å². The Labute approximate surface area is 106 Å². The summed E-state index contributed by atoms with van der Waals surface area (Å²) in [5.74, 6) is 0.0771. The number of carbonyl (C=O) groups is 1. The van der Waals surface area contributed by atoms with Gasteiger partial charge in [-0.05, 0) is 23.8 Å². The summed E-state index contributed by atoms with van der Waals surface area (Å²) < 4.78 is 0. The van der Waals surface area contributed by atoms with E-state index in [-0.39, 0.29) is 5.91 Å². The van der Waals surface area contributed by atoms with Gasteiger partial charge in [0.2, 0.25) is 0 Å². The Bertz CT molecular complexity index is 607. The molecule has 0 unspecified atom stereocenters. The van der Waals surface area contributed by atoms with Crippen molar-refractivity contribution >= 4 is 17.3 Å². The first-order valence-corrected chi connectivity index (χ1v) is 5.98. The average molecular weight is 238 g/mol. The van der Waals surface area contributed by atoms with Crippen LogP contribution in [0.4, 0.5) is 11.4 Å². The molecule has 2 aromatic carbocycles. The second-order valence-electron chi connectivity index (χ2n) is 4.32. The van der Waals surface area contributed by atoms with Crippen molar-refractivity contribution in [2.45, 2.75) is 6.54 Å². The van der Waals surface area contributed by atoms with Crippen LogP contribution in [0.1, 0.15) is 15.9 Å². The number of amides is 1. The summed E-state index contributed by atoms with van der Waals surface area (Å²) in [4.78, 5) is 14.2. The first kappa shape index (κ1) is 10.8. The van der Waals surface area contributed by atoms with Gasteiger partial charge < -0.3 is 10.2 Å². The molecular formula is C15H14N2O. The summed E-state index contributed by atoms with van der Waals surface area (Å²) >= 11 is 0. The third-order valence-electron chi connectivity index (χ3n) is 3.29. The van der Waals surface area contributed by atoms with E-state index in [4.69, 9.17) is 0 Å². The molecule has 1 aliphatic heterocycles. The molecular weight excluding hydrogens is 224 g/mol. The Morgan fingerprint density at radius 3 is 2.56 bits per heavy atom. The molecule has 0 aromatic heterocycles. The van der Waals surface area contributed by atoms with E-state index in [1.807, 2.05) is 60.5 Å². The van der Waals surface area contributed by atoms with Gasteiger partial charge in [0.15, 0.2) is 0 Å². The third-order valence-corrected chi connectivity index (χ3v) is 3.29. The van der Waals surface area contributed by atoms with Gasteiger partial charge in [-0.15, -0.1) is 0 Å². The summed E-state index contributed by atoms with van der Waals surface area (Å²) in [6.07, 6.45) is 0. The lowest BCUT2D eigenvalue weighted by atomic mass is 10.1. The molecule has 0 radical (unpaired) electrons. The van der Waals surface area contributed by atoms with Crippen LogP contribution in [0, 0.1) is 0 Å². The van der Waals surface area contributed by atoms with Crippen LogP contribution in [-0.2, 0) is 6.54 Å². The van der Waals surface area contributed by atoms with Crippen LogP contribution in [0.2, 0.25) is 0 Å². The van der Waals surface area contributed by atoms with Crippen LogP contribution >= 0.6 is 0 Å². The topological polar surface area (TPSA) is 32.3 Å². The molecule has 0 saturated carbocycles. The van der Waals surface area contributed by atoms with E-state index >= 15 is 0 Å². The normalized spacial score (nSPS) is 13.6. The Morgan fingerprint density at radius 1 is 1.06 bits per heavy atom. The number of rotatable bonds is 2. The lowest BCUT2D eigenvalue weighted by Gasteiger charge is -2.19. The van der Waals surface area contributed by atoms with Crippen LogP contribution in [0.15, 0.2) is 48.5 Å². The molecule has 3 heteroatoms. The molecule has 1 heterocycles. The van der Waals surface area contributed by atoms with E-state index in [1.165, 1.54) is 0 Å². The van der Waals surface area contributed by atoms with Gasteiger partial charge in [-0.1, -0.05) is 30.3 Å². The minimum Gasteiger partial charge on any atom is -0.386 e. The molecule has 0 spiro atoms. The van der Waals surface area contributed by atoms with Crippen molar-refractivity contribution in [2.24, 2.45) is 0 Å². The zero-order chi connectivity index (χ0) is 12.5. The van der Waals surface area contributed by atoms with Crippen LogP contribution in [0.3, 0.4) is 0 Å². The van der Waals surface area contributed by atoms with E-state index in [1.54, 1.807) is 0 Å². The first-order valence-electron chi connectivity index (χ1n) is 5.98. The quantitative estimate of drug-likeness (QED) is 0.872. The summed E-state index contributed by atoms with van der Waals surface area (Å²) in [5.41, 5.74) is 3.80. The molecule has 3 rings (SSSR count). The number of hydrogen-bond acceptors (Lipinski definition) is 2. The second kappa shape index (κ2) is 4.18. The van der Waals surface area contributed by atoms with Crippen molar-refractivity contribution in [1.29, 1.82) is 0 Å². The van der Waals surface area contributed by atoms with Crippen LogP contribution < -0.4 is 10.2 Å². The lowest BCUT2D eigenvalue weighted by molar-refractivity contribution is 0.0996. The highest BCUT2D eigenvalue weighted by Crippen LogP contribution is 2.32. The predicted molar refractivity (Wildman–Crippen MR) is 72.9 cm³/mol. The van der Waals surface area contributed by atoms with Crippen molar-refractivity contribution in [1.82, 2.24) is 0 Å². The third kappa shape index (κ3) is 1.56. The maximum atomic E-state index is 12.4. The second-order valence-corrected chi connectivity index (χ2v) is 4.32. The van der Waals surface area contributed by atoms with Crippen LogP contribution in [0.5, 0.6) is 0 Å². The SMILES string of the molecule is CNc1ccccc1N1Cc2ccccc2C1=O. The molecule has 0 bridgehead atoms. The largest absolute Gasteiger partial charge is 0.386 e. The van der Waals surface area contributed by atoms with Crippen molar-refractivity contribution in [2.75, 3.05) is 17.3 Å². The Hall–Kier alpha value is -2.29. The summed E-state index contributed by atoms with van der Waals surface area (Å²) in [7, 11) is 1.87. The zero-order valence-electron chi connectivity index (χ0n) is 10.2. The molecule has 1 aliphatic rings. The number of para-hydroxylation sites is 2. The summed E-state index contributed by atoms with van der Waals surface area (Å²) in [6.45, 7) is 0.647. The van der Waals surface area contributed by atoms with Crippen molar-refractivity contribution in [3.63, 3.8) is 0 Å². The van der Waals surface area contributed by atoms with E-state index in [0.29, 0.717) is 6.54 Å². The monoisotopic (exact) mass is 238 g/mol. The fourth-order valence-electron chi connectivity index (χ4n) is 2.37.